The van der Waals surface area contributed by atoms with Gasteiger partial charge in [0, 0.05) is 10.6 Å². The summed E-state index contributed by atoms with van der Waals surface area (Å²) in [6.07, 6.45) is -4.44. The van der Waals surface area contributed by atoms with Crippen LogP contribution in [0.1, 0.15) is 18.1 Å². The number of aromatic nitrogens is 2. The molecule has 0 saturated carbocycles. The predicted molar refractivity (Wildman–Crippen MR) is 125 cm³/mol. The second kappa shape index (κ2) is 9.38. The molecule has 3 aromatic carbocycles. The van der Waals surface area contributed by atoms with E-state index in [0.29, 0.717) is 51.0 Å². The lowest BCUT2D eigenvalue weighted by atomic mass is 10.1. The van der Waals surface area contributed by atoms with Crippen LogP contribution in [0, 0.1) is 0 Å². The van der Waals surface area contributed by atoms with Crippen LogP contribution in [-0.4, -0.2) is 23.3 Å². The largest absolute Gasteiger partial charge is 0.493 e. The molecule has 1 aromatic heterocycles. The SMILES string of the molecule is CCOc1ccc(-c2nc3cc(Cl)ccc3c(=O)n2Cc2ccc(C(F)(F)F)cc2)cc1OC. The van der Waals surface area contributed by atoms with E-state index in [2.05, 4.69) is 4.98 Å². The van der Waals surface area contributed by atoms with E-state index >= 15 is 0 Å². The second-order valence-corrected chi connectivity index (χ2v) is 7.92. The van der Waals surface area contributed by atoms with Crippen molar-refractivity contribution in [3.8, 4) is 22.9 Å². The molecule has 0 atom stereocenters. The molecule has 0 bridgehead atoms. The van der Waals surface area contributed by atoms with Crippen LogP contribution in [0.5, 0.6) is 11.5 Å². The summed E-state index contributed by atoms with van der Waals surface area (Å²) in [7, 11) is 1.50. The van der Waals surface area contributed by atoms with E-state index in [0.717, 1.165) is 12.1 Å². The highest BCUT2D eigenvalue weighted by molar-refractivity contribution is 6.31. The van der Waals surface area contributed by atoms with Crippen LogP contribution < -0.4 is 15.0 Å². The molecule has 0 fully saturated rings. The van der Waals surface area contributed by atoms with Crippen LogP contribution in [-0.2, 0) is 12.7 Å². The van der Waals surface area contributed by atoms with Crippen molar-refractivity contribution in [1.82, 2.24) is 9.55 Å². The molecule has 0 aliphatic rings. The second-order valence-electron chi connectivity index (χ2n) is 7.48. The number of fused-ring (bicyclic) bond motifs is 1. The van der Waals surface area contributed by atoms with Gasteiger partial charge in [-0.25, -0.2) is 4.98 Å². The van der Waals surface area contributed by atoms with Gasteiger partial charge in [-0.05, 0) is 61.0 Å². The first kappa shape index (κ1) is 23.6. The lowest BCUT2D eigenvalue weighted by molar-refractivity contribution is -0.137. The molecule has 0 N–H and O–H groups in total. The molecule has 34 heavy (non-hydrogen) atoms. The van der Waals surface area contributed by atoms with E-state index in [9.17, 15) is 18.0 Å². The zero-order chi connectivity index (χ0) is 24.5. The molecule has 0 spiro atoms. The van der Waals surface area contributed by atoms with Crippen LogP contribution in [0.4, 0.5) is 13.2 Å². The van der Waals surface area contributed by atoms with Crippen molar-refractivity contribution in [2.24, 2.45) is 0 Å². The fourth-order valence-corrected chi connectivity index (χ4v) is 3.79. The summed E-state index contributed by atoms with van der Waals surface area (Å²) in [4.78, 5) is 18.1. The van der Waals surface area contributed by atoms with Crippen LogP contribution >= 0.6 is 11.6 Å². The van der Waals surface area contributed by atoms with Gasteiger partial charge in [0.1, 0.15) is 5.82 Å². The molecule has 0 saturated heterocycles. The highest BCUT2D eigenvalue weighted by atomic mass is 35.5. The van der Waals surface area contributed by atoms with Gasteiger partial charge in [-0.3, -0.25) is 9.36 Å². The van der Waals surface area contributed by atoms with Crippen LogP contribution in [0.2, 0.25) is 5.02 Å². The van der Waals surface area contributed by atoms with Gasteiger partial charge in [0.2, 0.25) is 0 Å². The molecule has 0 amide bonds. The number of hydrogen-bond acceptors (Lipinski definition) is 4. The molecular weight excluding hydrogens is 469 g/mol. The highest BCUT2D eigenvalue weighted by Gasteiger charge is 2.30. The minimum Gasteiger partial charge on any atom is -0.493 e. The number of rotatable bonds is 6. The Morgan fingerprint density at radius 3 is 2.38 bits per heavy atom. The third-order valence-corrected chi connectivity index (χ3v) is 5.50. The number of nitrogens with zero attached hydrogens (tertiary/aromatic N) is 2. The van der Waals surface area contributed by atoms with E-state index in [1.54, 1.807) is 36.4 Å². The average molecular weight is 489 g/mol. The van der Waals surface area contributed by atoms with Gasteiger partial charge in [-0.2, -0.15) is 13.2 Å². The Labute approximate surface area is 198 Å². The van der Waals surface area contributed by atoms with Crippen LogP contribution in [0.3, 0.4) is 0 Å². The first-order valence-corrected chi connectivity index (χ1v) is 10.8. The zero-order valence-corrected chi connectivity index (χ0v) is 19.1. The fraction of sp³-hybridized carbons (Fsp3) is 0.200. The van der Waals surface area contributed by atoms with Gasteiger partial charge < -0.3 is 9.47 Å². The summed E-state index contributed by atoms with van der Waals surface area (Å²) in [5.41, 5.74) is 0.398. The molecule has 9 heteroatoms. The Balaban J connectivity index is 1.88. The molecule has 5 nitrogen and oxygen atoms in total. The van der Waals surface area contributed by atoms with Crippen molar-refractivity contribution in [3.05, 3.63) is 87.2 Å². The molecule has 4 aromatic rings. The van der Waals surface area contributed by atoms with E-state index in [4.69, 9.17) is 21.1 Å². The first-order chi connectivity index (χ1) is 16.2. The number of alkyl halides is 3. The Morgan fingerprint density at radius 1 is 1.00 bits per heavy atom. The molecule has 0 radical (unpaired) electrons. The van der Waals surface area contributed by atoms with E-state index in [-0.39, 0.29) is 12.1 Å². The maximum absolute atomic E-state index is 13.4. The molecular formula is C25H20ClF3N2O3. The van der Waals surface area contributed by atoms with Gasteiger partial charge in [0.25, 0.3) is 5.56 Å². The van der Waals surface area contributed by atoms with Crippen molar-refractivity contribution in [2.75, 3.05) is 13.7 Å². The molecule has 1 heterocycles. The summed E-state index contributed by atoms with van der Waals surface area (Å²) in [6, 6.07) is 14.6. The molecule has 0 aliphatic carbocycles. The van der Waals surface area contributed by atoms with Crippen molar-refractivity contribution in [1.29, 1.82) is 0 Å². The van der Waals surface area contributed by atoms with E-state index in [1.165, 1.54) is 23.8 Å². The van der Waals surface area contributed by atoms with Crippen molar-refractivity contribution in [3.63, 3.8) is 0 Å². The monoisotopic (exact) mass is 488 g/mol. The number of ether oxygens (including phenoxy) is 2. The van der Waals surface area contributed by atoms with Crippen molar-refractivity contribution >= 4 is 22.5 Å². The quantitative estimate of drug-likeness (QED) is 0.324. The summed E-state index contributed by atoms with van der Waals surface area (Å²) in [6.45, 7) is 2.32. The first-order valence-electron chi connectivity index (χ1n) is 10.4. The Bertz CT molecular complexity index is 1400. The Morgan fingerprint density at radius 2 is 1.74 bits per heavy atom. The van der Waals surface area contributed by atoms with E-state index < -0.39 is 11.7 Å². The highest BCUT2D eigenvalue weighted by Crippen LogP contribution is 2.33. The molecule has 0 aliphatic heterocycles. The standard InChI is InChI=1S/C25H20ClF3N2O3/c1-3-34-21-11-6-16(12-22(21)33-2)23-30-20-13-18(26)9-10-19(20)24(32)31(23)14-15-4-7-17(8-5-15)25(27,28)29/h4-13H,3,14H2,1-2H3. The summed E-state index contributed by atoms with van der Waals surface area (Å²) in [5.74, 6) is 1.32. The third-order valence-electron chi connectivity index (χ3n) is 5.26. The smallest absolute Gasteiger partial charge is 0.416 e. The third kappa shape index (κ3) is 4.72. The number of methoxy groups -OCH3 is 1. The van der Waals surface area contributed by atoms with E-state index in [1.807, 2.05) is 6.92 Å². The van der Waals surface area contributed by atoms with Crippen LogP contribution in [0.15, 0.2) is 65.5 Å². The van der Waals surface area contributed by atoms with Crippen molar-refractivity contribution < 1.29 is 22.6 Å². The normalized spacial score (nSPS) is 11.6. The molecule has 4 rings (SSSR count). The molecule has 0 unspecified atom stereocenters. The number of benzene rings is 3. The van der Waals surface area contributed by atoms with Gasteiger partial charge in [-0.1, -0.05) is 23.7 Å². The lowest BCUT2D eigenvalue weighted by Gasteiger charge is -2.16. The van der Waals surface area contributed by atoms with Gasteiger partial charge >= 0.3 is 6.18 Å². The topological polar surface area (TPSA) is 53.3 Å². The minimum absolute atomic E-state index is 0.0212. The Kier molecular flexibility index (Phi) is 6.52. The maximum atomic E-state index is 13.4. The van der Waals surface area contributed by atoms with Gasteiger partial charge in [0.15, 0.2) is 11.5 Å². The lowest BCUT2D eigenvalue weighted by Crippen LogP contribution is -2.24. The minimum atomic E-state index is -4.44. The predicted octanol–water partition coefficient (Wildman–Crippen LogP) is 6.19. The molecule has 176 valence electrons. The number of halogens is 4. The average Bonchev–Trinajstić information content (AvgIpc) is 2.81. The van der Waals surface area contributed by atoms with Crippen molar-refractivity contribution in [2.45, 2.75) is 19.6 Å². The maximum Gasteiger partial charge on any atom is 0.416 e. The fourth-order valence-electron chi connectivity index (χ4n) is 3.62. The summed E-state index contributed by atoms with van der Waals surface area (Å²) in [5, 5.41) is 0.771. The van der Waals surface area contributed by atoms with Gasteiger partial charge in [0.05, 0.1) is 36.7 Å². The van der Waals surface area contributed by atoms with Gasteiger partial charge in [-0.15, -0.1) is 0 Å². The summed E-state index contributed by atoms with van der Waals surface area (Å²) >= 11 is 6.12. The zero-order valence-electron chi connectivity index (χ0n) is 18.3. The number of hydrogen-bond donors (Lipinski definition) is 0. The van der Waals surface area contributed by atoms with Crippen LogP contribution in [0.25, 0.3) is 22.3 Å². The Hall–Kier alpha value is -3.52. The summed E-state index contributed by atoms with van der Waals surface area (Å²) < 4.78 is 51.3.